The number of aromatic nitrogens is 1. The summed E-state index contributed by atoms with van der Waals surface area (Å²) in [5, 5.41) is 5.76. The van der Waals surface area contributed by atoms with E-state index in [1.807, 2.05) is 24.3 Å². The predicted molar refractivity (Wildman–Crippen MR) is 93.1 cm³/mol. The topological polar surface area (TPSA) is 81.7 Å². The fourth-order valence-corrected chi connectivity index (χ4v) is 2.59. The van der Waals surface area contributed by atoms with Crippen molar-refractivity contribution in [2.45, 2.75) is 12.5 Å². The molecule has 7 nitrogen and oxygen atoms in total. The second-order valence-electron chi connectivity index (χ2n) is 5.55. The predicted octanol–water partition coefficient (Wildman–Crippen LogP) is 2.75. The number of hydrogen-bond acceptors (Lipinski definition) is 5. The van der Waals surface area contributed by atoms with E-state index in [1.54, 1.807) is 25.4 Å². The van der Waals surface area contributed by atoms with Crippen molar-refractivity contribution in [3.8, 4) is 11.6 Å². The maximum absolute atomic E-state index is 12.2. The summed E-state index contributed by atoms with van der Waals surface area (Å²) in [6.45, 7) is 1.51. The van der Waals surface area contributed by atoms with Crippen molar-refractivity contribution in [3.63, 3.8) is 0 Å². The minimum atomic E-state index is -0.281. The molecule has 132 valence electrons. The maximum Gasteiger partial charge on any atom is 0.319 e. The van der Waals surface area contributed by atoms with Gasteiger partial charge in [-0.3, -0.25) is 0 Å². The van der Waals surface area contributed by atoms with Crippen LogP contribution in [-0.2, 0) is 4.74 Å². The zero-order valence-corrected chi connectivity index (χ0v) is 14.0. The molecule has 2 N–H and O–H groups in total. The van der Waals surface area contributed by atoms with Crippen LogP contribution in [0.1, 0.15) is 18.0 Å². The van der Waals surface area contributed by atoms with Crippen molar-refractivity contribution in [3.05, 3.63) is 48.2 Å². The fourth-order valence-electron chi connectivity index (χ4n) is 2.59. The minimum absolute atomic E-state index is 0.0745. The molecule has 3 rings (SSSR count). The number of amides is 2. The Morgan fingerprint density at radius 2 is 2.16 bits per heavy atom. The number of fused-ring (bicyclic) bond motifs is 1. The van der Waals surface area contributed by atoms with Crippen molar-refractivity contribution >= 4 is 11.7 Å². The molecule has 1 aromatic carbocycles. The van der Waals surface area contributed by atoms with E-state index in [0.29, 0.717) is 31.4 Å². The van der Waals surface area contributed by atoms with E-state index in [0.717, 1.165) is 17.7 Å². The van der Waals surface area contributed by atoms with Gasteiger partial charge in [-0.15, -0.1) is 0 Å². The third-order valence-electron chi connectivity index (χ3n) is 3.80. The summed E-state index contributed by atoms with van der Waals surface area (Å²) in [7, 11) is 1.61. The number of nitrogens with one attached hydrogen (secondary N) is 2. The lowest BCUT2D eigenvalue weighted by Gasteiger charge is -2.26. The van der Waals surface area contributed by atoms with Crippen LogP contribution in [0.2, 0.25) is 0 Å². The highest BCUT2D eigenvalue weighted by Crippen LogP contribution is 2.31. The molecule has 0 unspecified atom stereocenters. The van der Waals surface area contributed by atoms with E-state index in [1.165, 1.54) is 0 Å². The molecule has 1 aliphatic rings. The van der Waals surface area contributed by atoms with E-state index < -0.39 is 0 Å². The van der Waals surface area contributed by atoms with Crippen LogP contribution in [-0.4, -0.2) is 37.9 Å². The first kappa shape index (κ1) is 17.0. The molecule has 0 aliphatic carbocycles. The molecule has 0 bridgehead atoms. The first-order chi connectivity index (χ1) is 12.3. The number of rotatable bonds is 6. The lowest BCUT2D eigenvalue weighted by atomic mass is 10.0. The number of urea groups is 1. The summed E-state index contributed by atoms with van der Waals surface area (Å²) in [5.74, 6) is 1.31. The monoisotopic (exact) mass is 343 g/mol. The van der Waals surface area contributed by atoms with E-state index in [9.17, 15) is 4.79 Å². The van der Waals surface area contributed by atoms with Crippen LogP contribution < -0.4 is 20.1 Å². The lowest BCUT2D eigenvalue weighted by molar-refractivity contribution is 0.144. The molecule has 2 aromatic rings. The van der Waals surface area contributed by atoms with Crippen LogP contribution in [0.3, 0.4) is 0 Å². The summed E-state index contributed by atoms with van der Waals surface area (Å²) in [5.41, 5.74) is 1.58. The van der Waals surface area contributed by atoms with Crippen molar-refractivity contribution in [2.75, 3.05) is 32.2 Å². The second kappa shape index (κ2) is 8.34. The standard InChI is InChI=1S/C18H21N3O4/c1-23-10-11-25-17-7-6-13(12-19-17)20-18(22)21-15-8-9-24-16-5-3-2-4-14(15)16/h2-7,12,15H,8-11H2,1H3,(H2,20,21,22)/t15-/m1/s1. The summed E-state index contributed by atoms with van der Waals surface area (Å²) in [6, 6.07) is 10.8. The molecule has 7 heteroatoms. The van der Waals surface area contributed by atoms with Crippen LogP contribution >= 0.6 is 0 Å². The normalized spacial score (nSPS) is 15.6. The Kier molecular flexibility index (Phi) is 5.69. The molecule has 2 heterocycles. The van der Waals surface area contributed by atoms with Crippen molar-refractivity contribution < 1.29 is 19.0 Å². The van der Waals surface area contributed by atoms with Gasteiger partial charge in [0, 0.05) is 25.2 Å². The Hall–Kier alpha value is -2.80. The molecular weight excluding hydrogens is 322 g/mol. The van der Waals surface area contributed by atoms with E-state index in [4.69, 9.17) is 14.2 Å². The molecule has 0 fully saturated rings. The average molecular weight is 343 g/mol. The summed E-state index contributed by atoms with van der Waals surface area (Å²) >= 11 is 0. The van der Waals surface area contributed by atoms with Gasteiger partial charge in [0.1, 0.15) is 12.4 Å². The highest BCUT2D eigenvalue weighted by molar-refractivity contribution is 5.89. The largest absolute Gasteiger partial charge is 0.493 e. The Balaban J connectivity index is 1.55. The number of nitrogens with zero attached hydrogens (tertiary/aromatic N) is 1. The molecule has 0 radical (unpaired) electrons. The second-order valence-corrected chi connectivity index (χ2v) is 5.55. The fraction of sp³-hybridized carbons (Fsp3) is 0.333. The summed E-state index contributed by atoms with van der Waals surface area (Å²) < 4.78 is 15.9. The molecule has 0 saturated heterocycles. The number of carbonyl (C=O) groups is 1. The SMILES string of the molecule is COCCOc1ccc(NC(=O)N[C@@H]2CCOc3ccccc32)cn1. The molecule has 1 atom stereocenters. The number of ether oxygens (including phenoxy) is 3. The smallest absolute Gasteiger partial charge is 0.319 e. The molecule has 1 aliphatic heterocycles. The number of carbonyl (C=O) groups excluding carboxylic acids is 1. The van der Waals surface area contributed by atoms with Gasteiger partial charge < -0.3 is 24.8 Å². The number of methoxy groups -OCH3 is 1. The molecule has 0 spiro atoms. The van der Waals surface area contributed by atoms with Gasteiger partial charge in [0.15, 0.2) is 0 Å². The molecule has 0 saturated carbocycles. The quantitative estimate of drug-likeness (QED) is 0.788. The number of anilines is 1. The van der Waals surface area contributed by atoms with Gasteiger partial charge in [-0.05, 0) is 12.1 Å². The summed E-state index contributed by atoms with van der Waals surface area (Å²) in [4.78, 5) is 16.4. The number of para-hydroxylation sites is 1. The zero-order chi connectivity index (χ0) is 17.5. The molecule has 25 heavy (non-hydrogen) atoms. The third-order valence-corrected chi connectivity index (χ3v) is 3.80. The van der Waals surface area contributed by atoms with E-state index >= 15 is 0 Å². The van der Waals surface area contributed by atoms with Crippen molar-refractivity contribution in [2.24, 2.45) is 0 Å². The molecule has 2 amide bonds. The Labute approximate surface area is 146 Å². The van der Waals surface area contributed by atoms with Crippen LogP contribution in [0.25, 0.3) is 0 Å². The molecule has 1 aromatic heterocycles. The van der Waals surface area contributed by atoms with Gasteiger partial charge in [-0.1, -0.05) is 18.2 Å². The zero-order valence-electron chi connectivity index (χ0n) is 14.0. The van der Waals surface area contributed by atoms with Crippen molar-refractivity contribution in [1.82, 2.24) is 10.3 Å². The summed E-state index contributed by atoms with van der Waals surface area (Å²) in [6.07, 6.45) is 2.29. The average Bonchev–Trinajstić information content (AvgIpc) is 2.64. The van der Waals surface area contributed by atoms with Crippen LogP contribution in [0.4, 0.5) is 10.5 Å². The van der Waals surface area contributed by atoms with Gasteiger partial charge in [0.05, 0.1) is 31.1 Å². The van der Waals surface area contributed by atoms with Crippen LogP contribution in [0, 0.1) is 0 Å². The highest BCUT2D eigenvalue weighted by atomic mass is 16.5. The van der Waals surface area contributed by atoms with Crippen LogP contribution in [0.15, 0.2) is 42.6 Å². The first-order valence-electron chi connectivity index (χ1n) is 8.13. The van der Waals surface area contributed by atoms with E-state index in [2.05, 4.69) is 15.6 Å². The van der Waals surface area contributed by atoms with Gasteiger partial charge in [-0.25, -0.2) is 9.78 Å². The van der Waals surface area contributed by atoms with Gasteiger partial charge in [0.25, 0.3) is 0 Å². The third kappa shape index (κ3) is 4.60. The molecular formula is C18H21N3O4. The number of pyridine rings is 1. The highest BCUT2D eigenvalue weighted by Gasteiger charge is 2.22. The Morgan fingerprint density at radius 3 is 2.96 bits per heavy atom. The van der Waals surface area contributed by atoms with Crippen LogP contribution in [0.5, 0.6) is 11.6 Å². The Morgan fingerprint density at radius 1 is 1.28 bits per heavy atom. The number of hydrogen-bond donors (Lipinski definition) is 2. The first-order valence-corrected chi connectivity index (χ1v) is 8.13. The van der Waals surface area contributed by atoms with E-state index in [-0.39, 0.29) is 12.1 Å². The minimum Gasteiger partial charge on any atom is -0.493 e. The maximum atomic E-state index is 12.2. The van der Waals surface area contributed by atoms with Crippen molar-refractivity contribution in [1.29, 1.82) is 0 Å². The van der Waals surface area contributed by atoms with Gasteiger partial charge >= 0.3 is 6.03 Å². The van der Waals surface area contributed by atoms with Gasteiger partial charge in [-0.2, -0.15) is 0 Å². The number of benzene rings is 1. The Bertz CT molecular complexity index is 706. The van der Waals surface area contributed by atoms with Gasteiger partial charge in [0.2, 0.25) is 5.88 Å². The lowest BCUT2D eigenvalue weighted by Crippen LogP contribution is -2.35.